The maximum atomic E-state index is 11.9. The number of nitrogens with zero attached hydrogens (tertiary/aromatic N) is 1. The fourth-order valence-electron chi connectivity index (χ4n) is 1.03. The zero-order chi connectivity index (χ0) is 13.1. The van der Waals surface area contributed by atoms with E-state index in [-0.39, 0.29) is 9.31 Å². The van der Waals surface area contributed by atoms with Crippen molar-refractivity contribution in [1.29, 1.82) is 0 Å². The number of carbonyl (C=O) groups excluding carboxylic acids is 2. The Kier molecular flexibility index (Phi) is 3.53. The third kappa shape index (κ3) is 2.84. The Morgan fingerprint density at radius 3 is 2.06 bits per heavy atom. The number of amides is 4. The maximum absolute atomic E-state index is 11.9. The van der Waals surface area contributed by atoms with Gasteiger partial charge >= 0.3 is 12.1 Å². The fraction of sp³-hybridized carbons (Fsp3) is 0. The number of sulfonamides is 1. The van der Waals surface area contributed by atoms with Crippen LogP contribution in [0.5, 0.6) is 0 Å². The van der Waals surface area contributed by atoms with Gasteiger partial charge in [-0.05, 0) is 12.1 Å². The summed E-state index contributed by atoms with van der Waals surface area (Å²) in [6.45, 7) is 0. The van der Waals surface area contributed by atoms with Crippen LogP contribution in [0.1, 0.15) is 0 Å². The van der Waals surface area contributed by atoms with Crippen molar-refractivity contribution in [2.75, 3.05) is 0 Å². The lowest BCUT2D eigenvalue weighted by Crippen LogP contribution is -2.53. The monoisotopic (exact) mass is 258 g/mol. The third-order valence-corrected chi connectivity index (χ3v) is 3.31. The van der Waals surface area contributed by atoms with Gasteiger partial charge in [0.15, 0.2) is 0 Å². The summed E-state index contributed by atoms with van der Waals surface area (Å²) in [5.41, 5.74) is 11.2. The van der Waals surface area contributed by atoms with Crippen LogP contribution in [0.25, 0.3) is 0 Å². The second-order valence-corrected chi connectivity index (χ2v) is 4.68. The second kappa shape index (κ2) is 4.70. The molecule has 9 heteroatoms. The van der Waals surface area contributed by atoms with Gasteiger partial charge in [0, 0.05) is 0 Å². The number of hydrogen-bond acceptors (Lipinski definition) is 4. The van der Waals surface area contributed by atoms with Crippen molar-refractivity contribution in [3.8, 4) is 0 Å². The Balaban J connectivity index is 3.19. The molecule has 0 spiro atoms. The van der Waals surface area contributed by atoms with Crippen LogP contribution < -0.4 is 16.9 Å². The van der Waals surface area contributed by atoms with Crippen LogP contribution in [0.15, 0.2) is 35.2 Å². The molecule has 1 aromatic carbocycles. The number of primary amides is 2. The minimum absolute atomic E-state index is 0.0231. The molecule has 0 aliphatic carbocycles. The highest BCUT2D eigenvalue weighted by molar-refractivity contribution is 7.89. The molecule has 0 bridgehead atoms. The average molecular weight is 258 g/mol. The van der Waals surface area contributed by atoms with Crippen LogP contribution in [0, 0.1) is 0 Å². The van der Waals surface area contributed by atoms with E-state index in [2.05, 4.69) is 0 Å². The summed E-state index contributed by atoms with van der Waals surface area (Å²) in [4.78, 5) is 21.3. The molecular formula is C8H10N4O4S. The average Bonchev–Trinajstić information content (AvgIpc) is 2.26. The fourth-order valence-corrected chi connectivity index (χ4v) is 2.19. The minimum atomic E-state index is -4.25. The first-order valence-corrected chi connectivity index (χ1v) is 5.75. The highest BCUT2D eigenvalue weighted by Crippen LogP contribution is 2.12. The molecule has 0 aliphatic heterocycles. The summed E-state index contributed by atoms with van der Waals surface area (Å²) in [7, 11) is -4.25. The summed E-state index contributed by atoms with van der Waals surface area (Å²) >= 11 is 0. The summed E-state index contributed by atoms with van der Waals surface area (Å²) in [5, 5.41) is 0. The molecule has 92 valence electrons. The predicted octanol–water partition coefficient (Wildman–Crippen LogP) is -0.661. The van der Waals surface area contributed by atoms with Crippen LogP contribution >= 0.6 is 0 Å². The molecule has 0 saturated heterocycles. The molecule has 0 radical (unpaired) electrons. The Hall–Kier alpha value is -2.29. The quantitative estimate of drug-likeness (QED) is 0.606. The SMILES string of the molecule is NC(=O)NN(C(N)=O)S(=O)(=O)c1ccccc1. The summed E-state index contributed by atoms with van der Waals surface area (Å²) in [6, 6.07) is 4.40. The third-order valence-electron chi connectivity index (χ3n) is 1.69. The number of hydrogen-bond donors (Lipinski definition) is 3. The van der Waals surface area contributed by atoms with Crippen LogP contribution in [-0.4, -0.2) is 24.9 Å². The van der Waals surface area contributed by atoms with E-state index in [1.54, 1.807) is 11.5 Å². The number of benzene rings is 1. The first-order chi connectivity index (χ1) is 7.85. The van der Waals surface area contributed by atoms with Gasteiger partial charge in [0.2, 0.25) is 0 Å². The molecule has 8 nitrogen and oxygen atoms in total. The molecule has 0 saturated carbocycles. The first-order valence-electron chi connectivity index (χ1n) is 4.31. The van der Waals surface area contributed by atoms with E-state index in [1.165, 1.54) is 24.3 Å². The van der Waals surface area contributed by atoms with E-state index in [0.29, 0.717) is 0 Å². The minimum Gasteiger partial charge on any atom is -0.350 e. The van der Waals surface area contributed by atoms with Gasteiger partial charge in [-0.2, -0.15) is 8.42 Å². The van der Waals surface area contributed by atoms with Crippen molar-refractivity contribution in [3.05, 3.63) is 30.3 Å². The van der Waals surface area contributed by atoms with E-state index >= 15 is 0 Å². The normalized spacial score (nSPS) is 10.6. The van der Waals surface area contributed by atoms with Gasteiger partial charge < -0.3 is 11.5 Å². The van der Waals surface area contributed by atoms with Crippen molar-refractivity contribution < 1.29 is 18.0 Å². The van der Waals surface area contributed by atoms with Crippen molar-refractivity contribution in [1.82, 2.24) is 9.84 Å². The standard InChI is InChI=1S/C8H10N4O4S/c9-7(13)11-12(8(10)14)17(15,16)6-4-2-1-3-5-6/h1-5H,(H2,10,14)(H3,9,11,13). The number of carbonyl (C=O) groups is 2. The van der Waals surface area contributed by atoms with Crippen molar-refractivity contribution >= 4 is 22.1 Å². The number of urea groups is 2. The van der Waals surface area contributed by atoms with Gasteiger partial charge in [-0.1, -0.05) is 18.2 Å². The number of hydrazine groups is 1. The lowest BCUT2D eigenvalue weighted by Gasteiger charge is -2.19. The molecule has 1 aromatic rings. The van der Waals surface area contributed by atoms with Crippen molar-refractivity contribution in [2.24, 2.45) is 11.5 Å². The zero-order valence-electron chi connectivity index (χ0n) is 8.53. The van der Waals surface area contributed by atoms with Crippen molar-refractivity contribution in [3.63, 3.8) is 0 Å². The Morgan fingerprint density at radius 2 is 1.65 bits per heavy atom. The van der Waals surface area contributed by atoms with Gasteiger partial charge in [0.1, 0.15) is 0 Å². The molecule has 1 rings (SSSR count). The number of nitrogens with one attached hydrogen (secondary N) is 1. The molecular weight excluding hydrogens is 248 g/mol. The number of nitrogens with two attached hydrogens (primary N) is 2. The molecule has 17 heavy (non-hydrogen) atoms. The molecule has 0 fully saturated rings. The van der Waals surface area contributed by atoms with E-state index in [0.717, 1.165) is 0 Å². The second-order valence-electron chi connectivity index (χ2n) is 2.90. The van der Waals surface area contributed by atoms with Crippen LogP contribution in [0.4, 0.5) is 9.59 Å². The summed E-state index contributed by atoms with van der Waals surface area (Å²) in [6.07, 6.45) is 0. The van der Waals surface area contributed by atoms with E-state index in [1.807, 2.05) is 0 Å². The summed E-state index contributed by atoms with van der Waals surface area (Å²) in [5.74, 6) is 0. The largest absolute Gasteiger partial charge is 0.350 e. The molecule has 0 unspecified atom stereocenters. The number of rotatable bonds is 2. The van der Waals surface area contributed by atoms with Gasteiger partial charge in [-0.15, -0.1) is 4.41 Å². The van der Waals surface area contributed by atoms with Crippen molar-refractivity contribution in [2.45, 2.75) is 4.90 Å². The van der Waals surface area contributed by atoms with Crippen LogP contribution in [-0.2, 0) is 10.0 Å². The molecule has 4 amide bonds. The lowest BCUT2D eigenvalue weighted by molar-refractivity contribution is 0.210. The van der Waals surface area contributed by atoms with Gasteiger partial charge in [-0.3, -0.25) is 0 Å². The molecule has 0 aromatic heterocycles. The van der Waals surface area contributed by atoms with Gasteiger partial charge in [-0.25, -0.2) is 15.0 Å². The highest BCUT2D eigenvalue weighted by atomic mass is 32.2. The Labute approximate surface area is 97.2 Å². The summed E-state index contributed by atoms with van der Waals surface area (Å²) < 4.78 is 23.7. The molecule has 0 atom stereocenters. The highest BCUT2D eigenvalue weighted by Gasteiger charge is 2.28. The first kappa shape index (κ1) is 12.8. The van der Waals surface area contributed by atoms with Crippen LogP contribution in [0.3, 0.4) is 0 Å². The van der Waals surface area contributed by atoms with E-state index < -0.39 is 22.1 Å². The smallest absolute Gasteiger partial charge is 0.348 e. The van der Waals surface area contributed by atoms with Gasteiger partial charge in [0.25, 0.3) is 10.0 Å². The lowest BCUT2D eigenvalue weighted by atomic mass is 10.4. The van der Waals surface area contributed by atoms with E-state index in [4.69, 9.17) is 11.5 Å². The Morgan fingerprint density at radius 1 is 1.12 bits per heavy atom. The molecule has 0 heterocycles. The predicted molar refractivity (Wildman–Crippen MR) is 57.8 cm³/mol. The molecule has 5 N–H and O–H groups in total. The topological polar surface area (TPSA) is 136 Å². The zero-order valence-corrected chi connectivity index (χ0v) is 9.35. The van der Waals surface area contributed by atoms with E-state index in [9.17, 15) is 18.0 Å². The molecule has 0 aliphatic rings. The Bertz CT molecular complexity index is 528. The van der Waals surface area contributed by atoms with Gasteiger partial charge in [0.05, 0.1) is 4.90 Å². The maximum Gasteiger partial charge on any atom is 0.348 e. The van der Waals surface area contributed by atoms with Crippen LogP contribution in [0.2, 0.25) is 0 Å².